The van der Waals surface area contributed by atoms with E-state index in [1.54, 1.807) is 11.1 Å². The summed E-state index contributed by atoms with van der Waals surface area (Å²) in [7, 11) is 0. The van der Waals surface area contributed by atoms with Crippen LogP contribution in [-0.4, -0.2) is 47.0 Å². The van der Waals surface area contributed by atoms with Gasteiger partial charge < -0.3 is 10.2 Å². The molecule has 0 saturated carbocycles. The predicted octanol–water partition coefficient (Wildman–Crippen LogP) is 2.71. The SMILES string of the molecule is O=C(Nc1ccc(F)c(F)c1)N1CCN(Cc2cccnc2)CC1. The summed E-state index contributed by atoms with van der Waals surface area (Å²) in [6.45, 7) is 3.46. The molecule has 7 heteroatoms. The van der Waals surface area contributed by atoms with E-state index < -0.39 is 11.6 Å². The summed E-state index contributed by atoms with van der Waals surface area (Å²) in [6, 6.07) is 6.94. The van der Waals surface area contributed by atoms with Crippen LogP contribution in [0.3, 0.4) is 0 Å². The van der Waals surface area contributed by atoms with E-state index in [1.165, 1.54) is 6.07 Å². The van der Waals surface area contributed by atoms with Gasteiger partial charge in [-0.3, -0.25) is 9.88 Å². The molecule has 2 heterocycles. The Morgan fingerprint density at radius 3 is 2.58 bits per heavy atom. The minimum absolute atomic E-state index is 0.247. The predicted molar refractivity (Wildman–Crippen MR) is 86.5 cm³/mol. The lowest BCUT2D eigenvalue weighted by Crippen LogP contribution is -2.49. The van der Waals surface area contributed by atoms with Crippen LogP contribution in [0.25, 0.3) is 0 Å². The van der Waals surface area contributed by atoms with E-state index in [-0.39, 0.29) is 11.7 Å². The summed E-state index contributed by atoms with van der Waals surface area (Å²) in [4.78, 5) is 20.2. The zero-order chi connectivity index (χ0) is 16.9. The van der Waals surface area contributed by atoms with Crippen molar-refractivity contribution in [2.75, 3.05) is 31.5 Å². The molecule has 5 nitrogen and oxygen atoms in total. The number of hydrogen-bond donors (Lipinski definition) is 1. The third kappa shape index (κ3) is 4.05. The number of nitrogens with zero attached hydrogens (tertiary/aromatic N) is 3. The molecule has 2 aromatic rings. The molecule has 1 aromatic heterocycles. The standard InChI is InChI=1S/C17H18F2N4O/c18-15-4-3-14(10-16(15)19)21-17(24)23-8-6-22(7-9-23)12-13-2-1-5-20-11-13/h1-5,10-11H,6-9,12H2,(H,21,24). The van der Waals surface area contributed by atoms with Crippen LogP contribution in [-0.2, 0) is 6.54 Å². The molecule has 0 spiro atoms. The molecule has 1 N–H and O–H groups in total. The number of hydrogen-bond acceptors (Lipinski definition) is 3. The largest absolute Gasteiger partial charge is 0.322 e. The molecule has 1 fully saturated rings. The number of anilines is 1. The van der Waals surface area contributed by atoms with Crippen LogP contribution >= 0.6 is 0 Å². The molecular formula is C17H18F2N4O. The van der Waals surface area contributed by atoms with Crippen LogP contribution in [0.2, 0.25) is 0 Å². The molecule has 0 radical (unpaired) electrons. The number of piperazine rings is 1. The molecule has 2 amide bonds. The Labute approximate surface area is 138 Å². The average Bonchev–Trinajstić information content (AvgIpc) is 2.60. The van der Waals surface area contributed by atoms with Crippen molar-refractivity contribution in [2.24, 2.45) is 0 Å². The number of halogens is 2. The zero-order valence-corrected chi connectivity index (χ0v) is 13.1. The first-order valence-corrected chi connectivity index (χ1v) is 7.74. The molecule has 0 aliphatic carbocycles. The van der Waals surface area contributed by atoms with Crippen molar-refractivity contribution in [1.29, 1.82) is 0 Å². The second-order valence-corrected chi connectivity index (χ2v) is 5.68. The topological polar surface area (TPSA) is 48.5 Å². The Bertz CT molecular complexity index is 703. The third-order valence-corrected chi connectivity index (χ3v) is 3.96. The van der Waals surface area contributed by atoms with Crippen LogP contribution in [0, 0.1) is 11.6 Å². The van der Waals surface area contributed by atoms with Crippen LogP contribution in [0.1, 0.15) is 5.56 Å². The molecule has 0 atom stereocenters. The van der Waals surface area contributed by atoms with E-state index in [0.29, 0.717) is 13.1 Å². The summed E-state index contributed by atoms with van der Waals surface area (Å²) in [5.74, 6) is -1.91. The van der Waals surface area contributed by atoms with E-state index in [9.17, 15) is 13.6 Å². The van der Waals surface area contributed by atoms with Gasteiger partial charge in [-0.15, -0.1) is 0 Å². The summed E-state index contributed by atoms with van der Waals surface area (Å²) < 4.78 is 26.1. The lowest BCUT2D eigenvalue weighted by molar-refractivity contribution is 0.143. The van der Waals surface area contributed by atoms with Crippen molar-refractivity contribution in [3.8, 4) is 0 Å². The second kappa shape index (κ2) is 7.35. The first-order chi connectivity index (χ1) is 11.6. The molecule has 126 valence electrons. The monoisotopic (exact) mass is 332 g/mol. The van der Waals surface area contributed by atoms with Gasteiger partial charge >= 0.3 is 6.03 Å². The molecule has 3 rings (SSSR count). The van der Waals surface area contributed by atoms with Gasteiger partial charge in [0.2, 0.25) is 0 Å². The lowest BCUT2D eigenvalue weighted by Gasteiger charge is -2.34. The highest BCUT2D eigenvalue weighted by Gasteiger charge is 2.21. The maximum Gasteiger partial charge on any atom is 0.321 e. The molecule has 0 bridgehead atoms. The number of nitrogens with one attached hydrogen (secondary N) is 1. The van der Waals surface area contributed by atoms with Gasteiger partial charge in [0.05, 0.1) is 0 Å². The van der Waals surface area contributed by atoms with Crippen LogP contribution in [0.5, 0.6) is 0 Å². The minimum Gasteiger partial charge on any atom is -0.322 e. The maximum atomic E-state index is 13.2. The van der Waals surface area contributed by atoms with Gasteiger partial charge in [-0.25, -0.2) is 13.6 Å². The molecule has 1 aromatic carbocycles. The Hall–Kier alpha value is -2.54. The number of rotatable bonds is 3. The maximum absolute atomic E-state index is 13.2. The molecule has 1 aliphatic rings. The van der Waals surface area contributed by atoms with Crippen molar-refractivity contribution in [1.82, 2.24) is 14.8 Å². The van der Waals surface area contributed by atoms with E-state index in [4.69, 9.17) is 0 Å². The summed E-state index contributed by atoms with van der Waals surface area (Å²) in [5.41, 5.74) is 1.38. The Kier molecular flexibility index (Phi) is 5.00. The number of urea groups is 1. The highest BCUT2D eigenvalue weighted by molar-refractivity contribution is 5.89. The Morgan fingerprint density at radius 2 is 1.92 bits per heavy atom. The van der Waals surface area contributed by atoms with E-state index in [2.05, 4.69) is 15.2 Å². The normalized spacial score (nSPS) is 15.3. The fraction of sp³-hybridized carbons (Fsp3) is 0.294. The molecular weight excluding hydrogens is 314 g/mol. The molecule has 24 heavy (non-hydrogen) atoms. The summed E-state index contributed by atoms with van der Waals surface area (Å²) >= 11 is 0. The zero-order valence-electron chi connectivity index (χ0n) is 13.1. The van der Waals surface area contributed by atoms with Crippen LogP contribution in [0.15, 0.2) is 42.7 Å². The van der Waals surface area contributed by atoms with Gasteiger partial charge in [0.15, 0.2) is 11.6 Å². The Morgan fingerprint density at radius 1 is 1.12 bits per heavy atom. The van der Waals surface area contributed by atoms with E-state index in [1.807, 2.05) is 18.3 Å². The smallest absolute Gasteiger partial charge is 0.321 e. The highest BCUT2D eigenvalue weighted by atomic mass is 19.2. The first kappa shape index (κ1) is 16.3. The number of pyridine rings is 1. The second-order valence-electron chi connectivity index (χ2n) is 5.68. The van der Waals surface area contributed by atoms with Crippen molar-refractivity contribution < 1.29 is 13.6 Å². The van der Waals surface area contributed by atoms with Gasteiger partial charge in [0.1, 0.15) is 0 Å². The van der Waals surface area contributed by atoms with E-state index >= 15 is 0 Å². The molecule has 1 aliphatic heterocycles. The number of carbonyl (C=O) groups is 1. The van der Waals surface area contributed by atoms with Gasteiger partial charge in [-0.05, 0) is 23.8 Å². The van der Waals surface area contributed by atoms with Gasteiger partial charge in [0, 0.05) is 56.9 Å². The van der Waals surface area contributed by atoms with Gasteiger partial charge in [-0.1, -0.05) is 6.07 Å². The number of aromatic nitrogens is 1. The summed E-state index contributed by atoms with van der Waals surface area (Å²) in [5, 5.41) is 2.60. The number of carbonyl (C=O) groups excluding carboxylic acids is 1. The van der Waals surface area contributed by atoms with Crippen LogP contribution < -0.4 is 5.32 Å². The first-order valence-electron chi connectivity index (χ1n) is 7.74. The van der Waals surface area contributed by atoms with Crippen molar-refractivity contribution in [3.63, 3.8) is 0 Å². The summed E-state index contributed by atoms with van der Waals surface area (Å²) in [6.07, 6.45) is 3.58. The van der Waals surface area contributed by atoms with Crippen molar-refractivity contribution in [2.45, 2.75) is 6.54 Å². The van der Waals surface area contributed by atoms with Gasteiger partial charge in [0.25, 0.3) is 0 Å². The number of benzene rings is 1. The van der Waals surface area contributed by atoms with E-state index in [0.717, 1.165) is 37.3 Å². The fourth-order valence-corrected chi connectivity index (χ4v) is 2.64. The van der Waals surface area contributed by atoms with Gasteiger partial charge in [-0.2, -0.15) is 0 Å². The van der Waals surface area contributed by atoms with Crippen molar-refractivity contribution >= 4 is 11.7 Å². The minimum atomic E-state index is -0.978. The molecule has 0 unspecified atom stereocenters. The lowest BCUT2D eigenvalue weighted by atomic mass is 10.2. The quantitative estimate of drug-likeness (QED) is 0.940. The van der Waals surface area contributed by atoms with Crippen molar-refractivity contribution in [3.05, 3.63) is 59.9 Å². The fourth-order valence-electron chi connectivity index (χ4n) is 2.64. The highest BCUT2D eigenvalue weighted by Crippen LogP contribution is 2.14. The van der Waals surface area contributed by atoms with Crippen LogP contribution in [0.4, 0.5) is 19.3 Å². The third-order valence-electron chi connectivity index (χ3n) is 3.96. The Balaban J connectivity index is 1.50. The molecule has 1 saturated heterocycles. The number of amides is 2. The average molecular weight is 332 g/mol.